The van der Waals surface area contributed by atoms with Crippen LogP contribution < -0.4 is 5.32 Å². The minimum absolute atomic E-state index is 0.264. The molecule has 1 atom stereocenters. The molecule has 0 aliphatic carbocycles. The molecule has 3 rings (SSSR count). The van der Waals surface area contributed by atoms with Gasteiger partial charge in [-0.2, -0.15) is 0 Å². The van der Waals surface area contributed by atoms with Crippen LogP contribution in [0.3, 0.4) is 0 Å². The number of anilines is 1. The molecule has 0 aliphatic heterocycles. The molecule has 120 valence electrons. The number of nitrogens with zero attached hydrogens (tertiary/aromatic N) is 2. The number of rotatable bonds is 4. The Labute approximate surface area is 142 Å². The van der Waals surface area contributed by atoms with Crippen molar-refractivity contribution in [3.63, 3.8) is 0 Å². The molecule has 1 amide bonds. The van der Waals surface area contributed by atoms with E-state index in [4.69, 9.17) is 0 Å². The average molecular weight is 337 g/mol. The zero-order valence-corrected chi connectivity index (χ0v) is 13.8. The zero-order chi connectivity index (χ0) is 16.9. The van der Waals surface area contributed by atoms with Crippen molar-refractivity contribution >= 4 is 22.4 Å². The summed E-state index contributed by atoms with van der Waals surface area (Å²) in [6, 6.07) is 16.3. The van der Waals surface area contributed by atoms with Gasteiger partial charge in [0.1, 0.15) is 0 Å². The Kier molecular flexibility index (Phi) is 4.77. The standard InChI is InChI=1S/C18H15N3O2S/c1-24(23)16-9-7-14(8-10-16)18(22)21-15-11-19-17(20-12-15)13-5-3-2-4-6-13/h2-12H,1H3,(H,21,22). The lowest BCUT2D eigenvalue weighted by atomic mass is 10.2. The van der Waals surface area contributed by atoms with Crippen molar-refractivity contribution in [2.24, 2.45) is 0 Å². The second-order valence-electron chi connectivity index (χ2n) is 5.09. The first-order chi connectivity index (χ1) is 11.6. The van der Waals surface area contributed by atoms with E-state index in [9.17, 15) is 9.00 Å². The SMILES string of the molecule is CS(=O)c1ccc(C(=O)Nc2cnc(-c3ccccc3)nc2)cc1. The Bertz CT molecular complexity index is 863. The summed E-state index contributed by atoms with van der Waals surface area (Å²) in [5, 5.41) is 2.75. The fraction of sp³-hybridized carbons (Fsp3) is 0.0556. The molecule has 5 nitrogen and oxygen atoms in total. The summed E-state index contributed by atoms with van der Waals surface area (Å²) in [5.41, 5.74) is 1.91. The van der Waals surface area contributed by atoms with Crippen molar-refractivity contribution < 1.29 is 9.00 Å². The first kappa shape index (κ1) is 16.0. The maximum atomic E-state index is 12.2. The van der Waals surface area contributed by atoms with E-state index < -0.39 is 10.8 Å². The van der Waals surface area contributed by atoms with Crippen LogP contribution in [0.25, 0.3) is 11.4 Å². The molecule has 0 saturated heterocycles. The van der Waals surface area contributed by atoms with Gasteiger partial charge in [0.25, 0.3) is 5.91 Å². The highest BCUT2D eigenvalue weighted by Gasteiger charge is 2.08. The summed E-state index contributed by atoms with van der Waals surface area (Å²) in [7, 11) is -1.06. The van der Waals surface area contributed by atoms with Crippen LogP contribution in [0.2, 0.25) is 0 Å². The molecule has 24 heavy (non-hydrogen) atoms. The van der Waals surface area contributed by atoms with Gasteiger partial charge in [0.15, 0.2) is 5.82 Å². The van der Waals surface area contributed by atoms with Crippen molar-refractivity contribution in [3.8, 4) is 11.4 Å². The number of carbonyl (C=O) groups is 1. The van der Waals surface area contributed by atoms with Crippen molar-refractivity contribution in [3.05, 3.63) is 72.6 Å². The highest BCUT2D eigenvalue weighted by atomic mass is 32.2. The van der Waals surface area contributed by atoms with Crippen molar-refractivity contribution in [2.45, 2.75) is 4.90 Å². The maximum absolute atomic E-state index is 12.2. The summed E-state index contributed by atoms with van der Waals surface area (Å²) in [4.78, 5) is 21.4. The second-order valence-corrected chi connectivity index (χ2v) is 6.47. The number of aromatic nitrogens is 2. The van der Waals surface area contributed by atoms with Gasteiger partial charge in [-0.1, -0.05) is 30.3 Å². The molecule has 0 fully saturated rings. The quantitative estimate of drug-likeness (QED) is 0.794. The molecular weight excluding hydrogens is 322 g/mol. The molecule has 0 saturated carbocycles. The van der Waals surface area contributed by atoms with E-state index in [1.165, 1.54) is 0 Å². The Balaban J connectivity index is 1.71. The number of benzene rings is 2. The summed E-state index contributed by atoms with van der Waals surface area (Å²) in [6.45, 7) is 0. The van der Waals surface area contributed by atoms with E-state index in [0.29, 0.717) is 22.0 Å². The molecule has 1 N–H and O–H groups in total. The van der Waals surface area contributed by atoms with Crippen molar-refractivity contribution in [1.29, 1.82) is 0 Å². The predicted molar refractivity (Wildman–Crippen MR) is 94.2 cm³/mol. The Hall–Kier alpha value is -2.86. The molecule has 1 unspecified atom stereocenters. The van der Waals surface area contributed by atoms with E-state index in [1.54, 1.807) is 42.9 Å². The van der Waals surface area contributed by atoms with Crippen LogP contribution in [-0.2, 0) is 10.8 Å². The smallest absolute Gasteiger partial charge is 0.255 e. The van der Waals surface area contributed by atoms with E-state index in [2.05, 4.69) is 15.3 Å². The molecule has 0 spiro atoms. The molecule has 1 aromatic heterocycles. The van der Waals surface area contributed by atoms with Gasteiger partial charge in [-0.05, 0) is 24.3 Å². The van der Waals surface area contributed by atoms with Gasteiger partial charge in [0.05, 0.1) is 18.1 Å². The van der Waals surface area contributed by atoms with Gasteiger partial charge in [-0.15, -0.1) is 0 Å². The van der Waals surface area contributed by atoms with E-state index in [-0.39, 0.29) is 5.91 Å². The van der Waals surface area contributed by atoms with Crippen LogP contribution in [0.4, 0.5) is 5.69 Å². The van der Waals surface area contributed by atoms with E-state index in [0.717, 1.165) is 5.56 Å². The van der Waals surface area contributed by atoms with Crippen molar-refractivity contribution in [1.82, 2.24) is 9.97 Å². The van der Waals surface area contributed by atoms with Gasteiger partial charge in [-0.25, -0.2) is 9.97 Å². The summed E-state index contributed by atoms with van der Waals surface area (Å²) >= 11 is 0. The van der Waals surface area contributed by atoms with Gasteiger partial charge < -0.3 is 5.32 Å². The average Bonchev–Trinajstić information content (AvgIpc) is 2.63. The second kappa shape index (κ2) is 7.14. The zero-order valence-electron chi connectivity index (χ0n) is 13.0. The summed E-state index contributed by atoms with van der Waals surface area (Å²) in [6.07, 6.45) is 4.74. The summed E-state index contributed by atoms with van der Waals surface area (Å²) in [5.74, 6) is 0.336. The number of hydrogen-bond donors (Lipinski definition) is 1. The third kappa shape index (κ3) is 3.72. The van der Waals surface area contributed by atoms with Crippen molar-refractivity contribution in [2.75, 3.05) is 11.6 Å². The van der Waals surface area contributed by atoms with E-state index >= 15 is 0 Å². The third-order valence-electron chi connectivity index (χ3n) is 3.39. The molecule has 1 heterocycles. The van der Waals surface area contributed by atoms with Gasteiger partial charge >= 0.3 is 0 Å². The maximum Gasteiger partial charge on any atom is 0.255 e. The fourth-order valence-electron chi connectivity index (χ4n) is 2.13. The Morgan fingerprint density at radius 3 is 2.17 bits per heavy atom. The molecular formula is C18H15N3O2S. The lowest BCUT2D eigenvalue weighted by Gasteiger charge is -2.06. The third-order valence-corrected chi connectivity index (χ3v) is 4.33. The van der Waals surface area contributed by atoms with Gasteiger partial charge in [-0.3, -0.25) is 9.00 Å². The molecule has 0 aliphatic rings. The van der Waals surface area contributed by atoms with Crippen LogP contribution in [0, 0.1) is 0 Å². The first-order valence-corrected chi connectivity index (χ1v) is 8.81. The molecule has 0 radical (unpaired) electrons. The van der Waals surface area contributed by atoms with Gasteiger partial charge in [0, 0.05) is 33.1 Å². The summed E-state index contributed by atoms with van der Waals surface area (Å²) < 4.78 is 11.4. The normalized spacial score (nSPS) is 11.7. The van der Waals surface area contributed by atoms with Crippen LogP contribution in [-0.4, -0.2) is 26.3 Å². The van der Waals surface area contributed by atoms with Crippen LogP contribution in [0.5, 0.6) is 0 Å². The monoisotopic (exact) mass is 337 g/mol. The first-order valence-electron chi connectivity index (χ1n) is 7.26. The van der Waals surface area contributed by atoms with Gasteiger partial charge in [0.2, 0.25) is 0 Å². The Morgan fingerprint density at radius 1 is 0.958 bits per heavy atom. The predicted octanol–water partition coefficient (Wildman–Crippen LogP) is 3.13. The fourth-order valence-corrected chi connectivity index (χ4v) is 2.65. The Morgan fingerprint density at radius 2 is 1.58 bits per heavy atom. The minimum Gasteiger partial charge on any atom is -0.319 e. The molecule has 0 bridgehead atoms. The highest BCUT2D eigenvalue weighted by molar-refractivity contribution is 7.84. The largest absolute Gasteiger partial charge is 0.319 e. The highest BCUT2D eigenvalue weighted by Crippen LogP contribution is 2.15. The number of carbonyl (C=O) groups excluding carboxylic acids is 1. The van der Waals surface area contributed by atoms with Crippen LogP contribution >= 0.6 is 0 Å². The van der Waals surface area contributed by atoms with E-state index in [1.807, 2.05) is 30.3 Å². The topological polar surface area (TPSA) is 72.0 Å². The van der Waals surface area contributed by atoms with Crippen LogP contribution in [0.15, 0.2) is 71.9 Å². The molecule has 3 aromatic rings. The lowest BCUT2D eigenvalue weighted by Crippen LogP contribution is -2.12. The number of hydrogen-bond acceptors (Lipinski definition) is 4. The molecule has 6 heteroatoms. The van der Waals surface area contributed by atoms with Crippen LogP contribution in [0.1, 0.15) is 10.4 Å². The molecule has 2 aromatic carbocycles. The minimum atomic E-state index is -1.06. The lowest BCUT2D eigenvalue weighted by molar-refractivity contribution is 0.102. The number of amides is 1. The number of nitrogens with one attached hydrogen (secondary N) is 1.